The van der Waals surface area contributed by atoms with Crippen molar-refractivity contribution in [1.82, 2.24) is 0 Å². The first-order valence-corrected chi connectivity index (χ1v) is 10.9. The maximum Gasteiger partial charge on any atom is -0.0000950 e. The summed E-state index contributed by atoms with van der Waals surface area (Å²) in [5, 5.41) is 0. The largest absolute Gasteiger partial charge is 0.0987 e. The lowest BCUT2D eigenvalue weighted by Crippen LogP contribution is -2.00. The molecule has 0 spiro atoms. The van der Waals surface area contributed by atoms with Crippen LogP contribution in [0.4, 0.5) is 0 Å². The van der Waals surface area contributed by atoms with Gasteiger partial charge in [0.05, 0.1) is 0 Å². The summed E-state index contributed by atoms with van der Waals surface area (Å²) in [4.78, 5) is 0. The van der Waals surface area contributed by atoms with Crippen molar-refractivity contribution in [2.45, 2.75) is 33.1 Å². The van der Waals surface area contributed by atoms with E-state index in [4.69, 9.17) is 0 Å². The second kappa shape index (κ2) is 10.6. The van der Waals surface area contributed by atoms with Crippen molar-refractivity contribution in [3.8, 4) is 0 Å². The summed E-state index contributed by atoms with van der Waals surface area (Å²) in [6, 6.07) is 30.2. The molecule has 0 fully saturated rings. The molecule has 2 atom stereocenters. The van der Waals surface area contributed by atoms with Crippen molar-refractivity contribution < 1.29 is 0 Å². The molecule has 152 valence electrons. The fraction of sp³-hybridized carbons (Fsp3) is 0.200. The van der Waals surface area contributed by atoms with E-state index >= 15 is 0 Å². The average molecular weight is 393 g/mol. The van der Waals surface area contributed by atoms with Gasteiger partial charge in [0.1, 0.15) is 0 Å². The van der Waals surface area contributed by atoms with Crippen LogP contribution in [0.2, 0.25) is 0 Å². The van der Waals surface area contributed by atoms with Crippen LogP contribution in [-0.2, 0) is 0 Å². The van der Waals surface area contributed by atoms with E-state index in [2.05, 4.69) is 124 Å². The summed E-state index contributed by atoms with van der Waals surface area (Å²) in [6.45, 7) is 10.9. The minimum absolute atomic E-state index is 0.243. The van der Waals surface area contributed by atoms with E-state index in [1.165, 1.54) is 39.8 Å². The lowest BCUT2D eigenvalue weighted by atomic mass is 9.87. The molecule has 3 aromatic carbocycles. The summed E-state index contributed by atoms with van der Waals surface area (Å²) in [5.41, 5.74) is 7.56. The quantitative estimate of drug-likeness (QED) is 0.337. The van der Waals surface area contributed by atoms with Crippen molar-refractivity contribution in [3.63, 3.8) is 0 Å². The van der Waals surface area contributed by atoms with Crippen LogP contribution in [0.5, 0.6) is 0 Å². The summed E-state index contributed by atoms with van der Waals surface area (Å²) in [6.07, 6.45) is 7.68. The Hall–Kier alpha value is -3.12. The zero-order chi connectivity index (χ0) is 21.3. The topological polar surface area (TPSA) is 0 Å². The van der Waals surface area contributed by atoms with E-state index in [-0.39, 0.29) is 5.92 Å². The molecule has 0 aliphatic heterocycles. The van der Waals surface area contributed by atoms with Gasteiger partial charge in [-0.1, -0.05) is 131 Å². The maximum atomic E-state index is 4.16. The first-order valence-electron chi connectivity index (χ1n) is 10.9. The SMILES string of the molecule is C=CC(=C(c1ccccc1)c1ccccc1)[C@H](C)/C=C/c1ccc([C@@H](C)CC)cc1. The highest BCUT2D eigenvalue weighted by Crippen LogP contribution is 2.32. The van der Waals surface area contributed by atoms with Gasteiger partial charge in [-0.15, -0.1) is 0 Å². The lowest BCUT2D eigenvalue weighted by Gasteiger charge is -2.17. The van der Waals surface area contributed by atoms with E-state index in [1.807, 2.05) is 6.08 Å². The van der Waals surface area contributed by atoms with Crippen LogP contribution in [0.15, 0.2) is 109 Å². The number of allylic oxidation sites excluding steroid dienone is 3. The molecule has 0 bridgehead atoms. The van der Waals surface area contributed by atoms with Crippen LogP contribution in [0.25, 0.3) is 11.6 Å². The summed E-state index contributed by atoms with van der Waals surface area (Å²) in [7, 11) is 0. The molecule has 0 amide bonds. The second-order valence-electron chi connectivity index (χ2n) is 7.89. The second-order valence-corrected chi connectivity index (χ2v) is 7.89. The summed E-state index contributed by atoms with van der Waals surface area (Å²) >= 11 is 0. The Labute approximate surface area is 182 Å². The Kier molecular flexibility index (Phi) is 7.63. The van der Waals surface area contributed by atoms with Gasteiger partial charge in [0.25, 0.3) is 0 Å². The van der Waals surface area contributed by atoms with Crippen molar-refractivity contribution >= 4 is 11.6 Å². The molecule has 0 aliphatic carbocycles. The van der Waals surface area contributed by atoms with Gasteiger partial charge in [0.2, 0.25) is 0 Å². The third-order valence-corrected chi connectivity index (χ3v) is 5.82. The van der Waals surface area contributed by atoms with Gasteiger partial charge in [0.15, 0.2) is 0 Å². The van der Waals surface area contributed by atoms with Crippen LogP contribution < -0.4 is 0 Å². The molecular weight excluding hydrogens is 360 g/mol. The van der Waals surface area contributed by atoms with Crippen molar-refractivity contribution in [1.29, 1.82) is 0 Å². The molecule has 30 heavy (non-hydrogen) atoms. The Morgan fingerprint density at radius 1 is 0.800 bits per heavy atom. The van der Waals surface area contributed by atoms with Crippen LogP contribution >= 0.6 is 0 Å². The van der Waals surface area contributed by atoms with Crippen molar-refractivity contribution in [2.75, 3.05) is 0 Å². The third kappa shape index (κ3) is 5.27. The molecule has 0 saturated carbocycles. The van der Waals surface area contributed by atoms with E-state index in [1.54, 1.807) is 0 Å². The number of benzene rings is 3. The first kappa shape index (κ1) is 21.6. The zero-order valence-corrected chi connectivity index (χ0v) is 18.4. The molecule has 0 heteroatoms. The standard InChI is InChI=1S/C30H32/c1-5-23(3)26-21-19-25(20-22-26)18-17-24(4)29(6-2)30(27-13-9-7-10-14-27)28-15-11-8-12-16-28/h6-24H,2,5H2,1,3-4H3/b18-17+/t23-,24+/m0/s1. The van der Waals surface area contributed by atoms with Gasteiger partial charge in [-0.05, 0) is 51.7 Å². The molecule has 0 nitrogen and oxygen atoms in total. The molecule has 3 aromatic rings. The Bertz CT molecular complexity index is 947. The van der Waals surface area contributed by atoms with Crippen molar-refractivity contribution in [3.05, 3.63) is 131 Å². The van der Waals surface area contributed by atoms with E-state index in [0.29, 0.717) is 5.92 Å². The number of hydrogen-bond acceptors (Lipinski definition) is 0. The molecule has 0 aromatic heterocycles. The molecule has 3 rings (SSSR count). The van der Waals surface area contributed by atoms with Gasteiger partial charge in [0, 0.05) is 0 Å². The van der Waals surface area contributed by atoms with Crippen molar-refractivity contribution in [2.24, 2.45) is 5.92 Å². The minimum atomic E-state index is 0.243. The highest BCUT2D eigenvalue weighted by atomic mass is 14.2. The smallest absolute Gasteiger partial charge is 0.0000950 e. The predicted octanol–water partition coefficient (Wildman–Crippen LogP) is 8.54. The first-order chi connectivity index (χ1) is 14.6. The molecule has 0 saturated heterocycles. The highest BCUT2D eigenvalue weighted by Gasteiger charge is 2.13. The molecule has 0 radical (unpaired) electrons. The van der Waals surface area contributed by atoms with Crippen LogP contribution in [0, 0.1) is 5.92 Å². The number of hydrogen-bond donors (Lipinski definition) is 0. The zero-order valence-electron chi connectivity index (χ0n) is 18.4. The fourth-order valence-corrected chi connectivity index (χ4v) is 3.76. The van der Waals surface area contributed by atoms with Crippen LogP contribution in [0.3, 0.4) is 0 Å². The lowest BCUT2D eigenvalue weighted by molar-refractivity contribution is 0.733. The van der Waals surface area contributed by atoms with Gasteiger partial charge >= 0.3 is 0 Å². The fourth-order valence-electron chi connectivity index (χ4n) is 3.76. The molecule has 0 aliphatic rings. The predicted molar refractivity (Wildman–Crippen MR) is 132 cm³/mol. The molecule has 0 heterocycles. The monoisotopic (exact) mass is 392 g/mol. The van der Waals surface area contributed by atoms with E-state index in [0.717, 1.165) is 0 Å². The third-order valence-electron chi connectivity index (χ3n) is 5.82. The molecule has 0 N–H and O–H groups in total. The van der Waals surface area contributed by atoms with E-state index < -0.39 is 0 Å². The van der Waals surface area contributed by atoms with Gasteiger partial charge in [-0.2, -0.15) is 0 Å². The number of rotatable bonds is 8. The average Bonchev–Trinajstić information content (AvgIpc) is 2.81. The Morgan fingerprint density at radius 2 is 1.33 bits per heavy atom. The Morgan fingerprint density at radius 3 is 1.80 bits per heavy atom. The summed E-state index contributed by atoms with van der Waals surface area (Å²) in [5.74, 6) is 0.851. The minimum Gasteiger partial charge on any atom is -0.0987 e. The van der Waals surface area contributed by atoms with Gasteiger partial charge in [-0.3, -0.25) is 0 Å². The molecule has 0 unspecified atom stereocenters. The summed E-state index contributed by atoms with van der Waals surface area (Å²) < 4.78 is 0. The van der Waals surface area contributed by atoms with Gasteiger partial charge < -0.3 is 0 Å². The highest BCUT2D eigenvalue weighted by molar-refractivity contribution is 5.84. The Balaban J connectivity index is 1.95. The normalized spacial score (nSPS) is 13.0. The van der Waals surface area contributed by atoms with Crippen LogP contribution in [-0.4, -0.2) is 0 Å². The van der Waals surface area contributed by atoms with Crippen LogP contribution in [0.1, 0.15) is 55.4 Å². The van der Waals surface area contributed by atoms with E-state index in [9.17, 15) is 0 Å². The maximum absolute atomic E-state index is 4.16. The van der Waals surface area contributed by atoms with Gasteiger partial charge in [-0.25, -0.2) is 0 Å². The molecular formula is C30H32.